The van der Waals surface area contributed by atoms with Gasteiger partial charge in [0, 0.05) is 6.20 Å². The second-order valence-corrected chi connectivity index (χ2v) is 3.08. The van der Waals surface area contributed by atoms with E-state index in [0.29, 0.717) is 5.69 Å². The predicted octanol–water partition coefficient (Wildman–Crippen LogP) is 0.808. The summed E-state index contributed by atoms with van der Waals surface area (Å²) in [4.78, 5) is 18.1. The van der Waals surface area contributed by atoms with E-state index in [1.807, 2.05) is 0 Å². The number of carbonyl (C=O) groups is 1. The van der Waals surface area contributed by atoms with Crippen molar-refractivity contribution in [3.8, 4) is 5.95 Å². The van der Waals surface area contributed by atoms with Gasteiger partial charge in [-0.05, 0) is 6.92 Å². The van der Waals surface area contributed by atoms with Crippen LogP contribution >= 0.6 is 0 Å². The Hall–Kier alpha value is -2.31. The van der Waals surface area contributed by atoms with Crippen molar-refractivity contribution in [1.29, 1.82) is 0 Å². The first kappa shape index (κ1) is 10.2. The van der Waals surface area contributed by atoms with Gasteiger partial charge in [0.25, 0.3) is 5.95 Å². The molecule has 82 valence electrons. The molecule has 7 heteroatoms. The minimum atomic E-state index is -1.08. The Balaban J connectivity index is 2.45. The van der Waals surface area contributed by atoms with E-state index < -0.39 is 11.8 Å². The Labute approximate surface area is 89.4 Å². The van der Waals surface area contributed by atoms with Gasteiger partial charge in [-0.3, -0.25) is 0 Å². The van der Waals surface area contributed by atoms with Gasteiger partial charge in [0.05, 0.1) is 18.1 Å². The van der Waals surface area contributed by atoms with Crippen molar-refractivity contribution in [2.75, 3.05) is 0 Å². The lowest BCUT2D eigenvalue weighted by Crippen LogP contribution is -2.01. The number of nitrogens with zero attached hydrogens (tertiary/aromatic N) is 4. The van der Waals surface area contributed by atoms with Crippen molar-refractivity contribution in [3.05, 3.63) is 35.7 Å². The summed E-state index contributed by atoms with van der Waals surface area (Å²) >= 11 is 0. The fourth-order valence-corrected chi connectivity index (χ4v) is 1.20. The van der Waals surface area contributed by atoms with Crippen molar-refractivity contribution in [3.63, 3.8) is 0 Å². The fourth-order valence-electron chi connectivity index (χ4n) is 1.20. The van der Waals surface area contributed by atoms with E-state index in [-0.39, 0.29) is 11.5 Å². The lowest BCUT2D eigenvalue weighted by atomic mass is 10.3. The number of carboxylic acid groups (broad SMARTS) is 1. The SMILES string of the molecule is Cc1nn(-c2ncc(F)cn2)cc1C(=O)O. The third-order valence-corrected chi connectivity index (χ3v) is 1.94. The topological polar surface area (TPSA) is 80.9 Å². The molecule has 0 aliphatic heterocycles. The zero-order chi connectivity index (χ0) is 11.7. The number of hydrogen-bond acceptors (Lipinski definition) is 4. The van der Waals surface area contributed by atoms with Crippen LogP contribution < -0.4 is 0 Å². The molecule has 1 N–H and O–H groups in total. The molecule has 0 spiro atoms. The van der Waals surface area contributed by atoms with Gasteiger partial charge in [-0.1, -0.05) is 0 Å². The van der Waals surface area contributed by atoms with Crippen molar-refractivity contribution in [2.24, 2.45) is 0 Å². The Bertz CT molecular complexity index is 535. The Morgan fingerprint density at radius 1 is 1.44 bits per heavy atom. The van der Waals surface area contributed by atoms with E-state index in [2.05, 4.69) is 15.1 Å². The highest BCUT2D eigenvalue weighted by molar-refractivity contribution is 5.88. The van der Waals surface area contributed by atoms with E-state index >= 15 is 0 Å². The average molecular weight is 222 g/mol. The molecule has 2 aromatic rings. The minimum absolute atomic E-state index is 0.0629. The molecular weight excluding hydrogens is 215 g/mol. The van der Waals surface area contributed by atoms with Crippen molar-refractivity contribution in [2.45, 2.75) is 6.92 Å². The lowest BCUT2D eigenvalue weighted by Gasteiger charge is -1.96. The molecule has 0 aromatic carbocycles. The Kier molecular flexibility index (Phi) is 2.35. The molecule has 0 saturated carbocycles. The van der Waals surface area contributed by atoms with E-state index in [1.54, 1.807) is 6.92 Å². The number of rotatable bonds is 2. The summed E-state index contributed by atoms with van der Waals surface area (Å²) in [6.45, 7) is 1.56. The molecule has 0 aliphatic carbocycles. The molecular formula is C9H7FN4O2. The molecule has 0 saturated heterocycles. The molecule has 0 fully saturated rings. The van der Waals surface area contributed by atoms with Crippen LogP contribution in [-0.2, 0) is 0 Å². The van der Waals surface area contributed by atoms with E-state index in [9.17, 15) is 9.18 Å². The summed E-state index contributed by atoms with van der Waals surface area (Å²) in [7, 11) is 0. The highest BCUT2D eigenvalue weighted by atomic mass is 19.1. The van der Waals surface area contributed by atoms with E-state index in [4.69, 9.17) is 5.11 Å². The maximum atomic E-state index is 12.6. The largest absolute Gasteiger partial charge is 0.478 e. The van der Waals surface area contributed by atoms with Gasteiger partial charge in [0.2, 0.25) is 0 Å². The van der Waals surface area contributed by atoms with Gasteiger partial charge < -0.3 is 5.11 Å². The molecule has 0 aliphatic rings. The van der Waals surface area contributed by atoms with Crippen molar-refractivity contribution in [1.82, 2.24) is 19.7 Å². The van der Waals surface area contributed by atoms with Gasteiger partial charge in [-0.25, -0.2) is 23.8 Å². The van der Waals surface area contributed by atoms with Crippen LogP contribution in [0.1, 0.15) is 16.1 Å². The zero-order valence-electron chi connectivity index (χ0n) is 8.25. The van der Waals surface area contributed by atoms with Crippen LogP contribution in [0.5, 0.6) is 0 Å². The monoisotopic (exact) mass is 222 g/mol. The number of aromatic nitrogens is 4. The number of halogens is 1. The zero-order valence-corrected chi connectivity index (χ0v) is 8.25. The van der Waals surface area contributed by atoms with Crippen LogP contribution in [0.3, 0.4) is 0 Å². The first-order chi connectivity index (χ1) is 7.58. The molecule has 2 rings (SSSR count). The summed E-state index contributed by atoms with van der Waals surface area (Å²) in [5, 5.41) is 12.7. The van der Waals surface area contributed by atoms with Crippen LogP contribution in [0.4, 0.5) is 4.39 Å². The Morgan fingerprint density at radius 3 is 2.56 bits per heavy atom. The molecule has 16 heavy (non-hydrogen) atoms. The summed E-state index contributed by atoms with van der Waals surface area (Å²) < 4.78 is 13.8. The lowest BCUT2D eigenvalue weighted by molar-refractivity contribution is 0.0696. The Morgan fingerprint density at radius 2 is 2.06 bits per heavy atom. The second kappa shape index (κ2) is 3.69. The van der Waals surface area contributed by atoms with Crippen molar-refractivity contribution < 1.29 is 14.3 Å². The summed E-state index contributed by atoms with van der Waals surface area (Å²) in [5.41, 5.74) is 0.411. The second-order valence-electron chi connectivity index (χ2n) is 3.08. The maximum Gasteiger partial charge on any atom is 0.339 e. The van der Waals surface area contributed by atoms with Gasteiger partial charge in [0.1, 0.15) is 5.56 Å². The number of carboxylic acids is 1. The first-order valence-corrected chi connectivity index (χ1v) is 4.35. The molecule has 0 radical (unpaired) electrons. The van der Waals surface area contributed by atoms with Gasteiger partial charge in [-0.15, -0.1) is 0 Å². The standard InChI is InChI=1S/C9H7FN4O2/c1-5-7(8(15)16)4-14(13-5)9-11-2-6(10)3-12-9/h2-4H,1H3,(H,15,16). The smallest absolute Gasteiger partial charge is 0.339 e. The molecule has 2 heterocycles. The summed E-state index contributed by atoms with van der Waals surface area (Å²) in [5.74, 6) is -1.52. The number of hydrogen-bond donors (Lipinski definition) is 1. The first-order valence-electron chi connectivity index (χ1n) is 4.35. The van der Waals surface area contributed by atoms with Gasteiger partial charge in [-0.2, -0.15) is 5.10 Å². The van der Waals surface area contributed by atoms with Crippen LogP contribution in [0, 0.1) is 12.7 Å². The molecule has 6 nitrogen and oxygen atoms in total. The third kappa shape index (κ3) is 1.74. The summed E-state index contributed by atoms with van der Waals surface area (Å²) in [6.07, 6.45) is 3.25. The van der Waals surface area contributed by atoms with Crippen LogP contribution in [0.2, 0.25) is 0 Å². The predicted molar refractivity (Wildman–Crippen MR) is 50.8 cm³/mol. The van der Waals surface area contributed by atoms with Crippen LogP contribution in [0.25, 0.3) is 5.95 Å². The molecule has 0 atom stereocenters. The molecule has 2 aromatic heterocycles. The number of aryl methyl sites for hydroxylation is 1. The quantitative estimate of drug-likeness (QED) is 0.813. The van der Waals surface area contributed by atoms with Crippen LogP contribution in [0.15, 0.2) is 18.6 Å². The third-order valence-electron chi connectivity index (χ3n) is 1.94. The minimum Gasteiger partial charge on any atom is -0.478 e. The fraction of sp³-hybridized carbons (Fsp3) is 0.111. The molecule has 0 bridgehead atoms. The average Bonchev–Trinajstić information content (AvgIpc) is 2.61. The molecule has 0 amide bonds. The van der Waals surface area contributed by atoms with E-state index in [1.165, 1.54) is 10.9 Å². The van der Waals surface area contributed by atoms with E-state index in [0.717, 1.165) is 12.4 Å². The highest BCUT2D eigenvalue weighted by Crippen LogP contribution is 2.08. The normalized spacial score (nSPS) is 10.4. The maximum absolute atomic E-state index is 12.6. The highest BCUT2D eigenvalue weighted by Gasteiger charge is 2.13. The molecule has 0 unspecified atom stereocenters. The number of aromatic carboxylic acids is 1. The van der Waals surface area contributed by atoms with Crippen molar-refractivity contribution >= 4 is 5.97 Å². The summed E-state index contributed by atoms with van der Waals surface area (Å²) in [6, 6.07) is 0. The van der Waals surface area contributed by atoms with Gasteiger partial charge in [0.15, 0.2) is 5.82 Å². The van der Waals surface area contributed by atoms with Crippen LogP contribution in [-0.4, -0.2) is 30.8 Å². The van der Waals surface area contributed by atoms with Gasteiger partial charge >= 0.3 is 5.97 Å².